The summed E-state index contributed by atoms with van der Waals surface area (Å²) in [7, 11) is 0. The number of hydrogen-bond acceptors (Lipinski definition) is 3. The summed E-state index contributed by atoms with van der Waals surface area (Å²) in [5.74, 6) is 0.892. The van der Waals surface area contributed by atoms with Gasteiger partial charge in [-0.05, 0) is 31.7 Å². The smallest absolute Gasteiger partial charge is 0.126 e. The molecule has 2 aromatic rings. The second-order valence-electron chi connectivity index (χ2n) is 4.90. The van der Waals surface area contributed by atoms with Gasteiger partial charge in [0.25, 0.3) is 0 Å². The van der Waals surface area contributed by atoms with Crippen molar-refractivity contribution in [1.82, 2.24) is 4.98 Å². The third kappa shape index (κ3) is 4.35. The first-order valence-electron chi connectivity index (χ1n) is 7.02. The summed E-state index contributed by atoms with van der Waals surface area (Å²) in [6.45, 7) is 2.82. The predicted molar refractivity (Wildman–Crippen MR) is 79.8 cm³/mol. The normalized spacial score (nSPS) is 10.5. The minimum absolute atomic E-state index is 0.239. The van der Waals surface area contributed by atoms with Crippen LogP contribution in [0.25, 0.3) is 0 Å². The SMILES string of the molecule is Cc1cnc(CCCCO)cc1OCc1ccccc1. The summed E-state index contributed by atoms with van der Waals surface area (Å²) in [5.41, 5.74) is 3.23. The number of ether oxygens (including phenoxy) is 1. The molecule has 2 rings (SSSR count). The summed E-state index contributed by atoms with van der Waals surface area (Å²) < 4.78 is 5.88. The van der Waals surface area contributed by atoms with Crippen molar-refractivity contribution in [3.63, 3.8) is 0 Å². The standard InChI is InChI=1S/C17H21NO2/c1-14-12-18-16(9-5-6-10-19)11-17(14)20-13-15-7-3-2-4-8-15/h2-4,7-8,11-12,19H,5-6,9-10,13H2,1H3. The van der Waals surface area contributed by atoms with Gasteiger partial charge in [-0.2, -0.15) is 0 Å². The van der Waals surface area contributed by atoms with Crippen LogP contribution < -0.4 is 4.74 Å². The molecule has 0 saturated heterocycles. The summed E-state index contributed by atoms with van der Waals surface area (Å²) in [4.78, 5) is 4.40. The molecule has 0 saturated carbocycles. The van der Waals surface area contributed by atoms with Crippen LogP contribution in [0.2, 0.25) is 0 Å². The summed E-state index contributed by atoms with van der Waals surface area (Å²) in [6, 6.07) is 12.1. The number of aromatic nitrogens is 1. The maximum atomic E-state index is 8.81. The molecule has 106 valence electrons. The van der Waals surface area contributed by atoms with Crippen molar-refractivity contribution < 1.29 is 9.84 Å². The summed E-state index contributed by atoms with van der Waals surface area (Å²) >= 11 is 0. The number of rotatable bonds is 7. The first-order chi connectivity index (χ1) is 9.79. The Labute approximate surface area is 120 Å². The van der Waals surface area contributed by atoms with Crippen molar-refractivity contribution in [2.45, 2.75) is 32.8 Å². The van der Waals surface area contributed by atoms with E-state index >= 15 is 0 Å². The molecular formula is C17H21NO2. The highest BCUT2D eigenvalue weighted by molar-refractivity contribution is 5.32. The average molecular weight is 271 g/mol. The van der Waals surface area contributed by atoms with Gasteiger partial charge in [-0.3, -0.25) is 4.98 Å². The highest BCUT2D eigenvalue weighted by Gasteiger charge is 2.04. The molecule has 0 aliphatic rings. The Balaban J connectivity index is 1.97. The van der Waals surface area contributed by atoms with Crippen molar-refractivity contribution in [1.29, 1.82) is 0 Å². The lowest BCUT2D eigenvalue weighted by molar-refractivity contribution is 0.284. The molecule has 0 bridgehead atoms. The van der Waals surface area contributed by atoms with Crippen molar-refractivity contribution >= 4 is 0 Å². The van der Waals surface area contributed by atoms with E-state index in [2.05, 4.69) is 17.1 Å². The maximum Gasteiger partial charge on any atom is 0.126 e. The molecule has 0 amide bonds. The fraction of sp³-hybridized carbons (Fsp3) is 0.353. The third-order valence-corrected chi connectivity index (χ3v) is 3.19. The van der Waals surface area contributed by atoms with E-state index in [4.69, 9.17) is 9.84 Å². The number of aliphatic hydroxyl groups excluding tert-OH is 1. The maximum absolute atomic E-state index is 8.81. The van der Waals surface area contributed by atoms with Crippen LogP contribution in [-0.4, -0.2) is 16.7 Å². The van der Waals surface area contributed by atoms with Gasteiger partial charge in [0.2, 0.25) is 0 Å². The first-order valence-corrected chi connectivity index (χ1v) is 7.02. The van der Waals surface area contributed by atoms with E-state index in [0.29, 0.717) is 6.61 Å². The van der Waals surface area contributed by atoms with Gasteiger partial charge >= 0.3 is 0 Å². The molecule has 0 aliphatic heterocycles. The monoisotopic (exact) mass is 271 g/mol. The van der Waals surface area contributed by atoms with E-state index in [1.54, 1.807) is 0 Å². The molecule has 0 spiro atoms. The van der Waals surface area contributed by atoms with Gasteiger partial charge in [0.05, 0.1) is 0 Å². The van der Waals surface area contributed by atoms with E-state index in [9.17, 15) is 0 Å². The van der Waals surface area contributed by atoms with Crippen LogP contribution in [0.3, 0.4) is 0 Å². The van der Waals surface area contributed by atoms with Gasteiger partial charge in [-0.15, -0.1) is 0 Å². The molecule has 20 heavy (non-hydrogen) atoms. The lowest BCUT2D eigenvalue weighted by Gasteiger charge is -2.10. The zero-order valence-electron chi connectivity index (χ0n) is 11.9. The molecule has 1 N–H and O–H groups in total. The topological polar surface area (TPSA) is 42.4 Å². The highest BCUT2D eigenvalue weighted by atomic mass is 16.5. The number of aryl methyl sites for hydroxylation is 2. The molecular weight excluding hydrogens is 250 g/mol. The number of benzene rings is 1. The van der Waals surface area contributed by atoms with E-state index < -0.39 is 0 Å². The minimum Gasteiger partial charge on any atom is -0.489 e. The Morgan fingerprint density at radius 1 is 1.15 bits per heavy atom. The molecule has 1 aromatic heterocycles. The van der Waals surface area contributed by atoms with Crippen LogP contribution >= 0.6 is 0 Å². The van der Waals surface area contributed by atoms with E-state index in [1.807, 2.05) is 37.4 Å². The van der Waals surface area contributed by atoms with Crippen molar-refractivity contribution in [3.05, 3.63) is 59.4 Å². The highest BCUT2D eigenvalue weighted by Crippen LogP contribution is 2.20. The molecule has 0 radical (unpaired) electrons. The Morgan fingerprint density at radius 2 is 1.95 bits per heavy atom. The van der Waals surface area contributed by atoms with Crippen LogP contribution in [-0.2, 0) is 13.0 Å². The van der Waals surface area contributed by atoms with Crippen LogP contribution in [0.5, 0.6) is 5.75 Å². The Morgan fingerprint density at radius 3 is 2.70 bits per heavy atom. The molecule has 0 unspecified atom stereocenters. The second kappa shape index (κ2) is 7.65. The molecule has 1 heterocycles. The molecule has 3 heteroatoms. The third-order valence-electron chi connectivity index (χ3n) is 3.19. The van der Waals surface area contributed by atoms with Gasteiger partial charge in [0, 0.05) is 30.1 Å². The molecule has 1 aromatic carbocycles. The Hall–Kier alpha value is -1.87. The lowest BCUT2D eigenvalue weighted by Crippen LogP contribution is -2.00. The van der Waals surface area contributed by atoms with Gasteiger partial charge < -0.3 is 9.84 Å². The number of hydrogen-bond donors (Lipinski definition) is 1. The van der Waals surface area contributed by atoms with E-state index in [-0.39, 0.29) is 6.61 Å². The number of nitrogens with zero attached hydrogens (tertiary/aromatic N) is 1. The van der Waals surface area contributed by atoms with Gasteiger partial charge in [0.1, 0.15) is 12.4 Å². The fourth-order valence-electron chi connectivity index (χ4n) is 1.99. The minimum atomic E-state index is 0.239. The average Bonchev–Trinajstić information content (AvgIpc) is 2.49. The summed E-state index contributed by atoms with van der Waals surface area (Å²) in [5, 5.41) is 8.81. The van der Waals surface area contributed by atoms with Crippen LogP contribution in [0, 0.1) is 6.92 Å². The number of aliphatic hydroxyl groups is 1. The first kappa shape index (κ1) is 14.5. The molecule has 0 fully saturated rings. The molecule has 0 aliphatic carbocycles. The molecule has 0 atom stereocenters. The Kier molecular flexibility index (Phi) is 5.56. The van der Waals surface area contributed by atoms with Gasteiger partial charge in [0.15, 0.2) is 0 Å². The Bertz CT molecular complexity index is 526. The largest absolute Gasteiger partial charge is 0.489 e. The van der Waals surface area contributed by atoms with Crippen LogP contribution in [0.1, 0.15) is 29.7 Å². The van der Waals surface area contributed by atoms with Crippen molar-refractivity contribution in [2.75, 3.05) is 6.61 Å². The quantitative estimate of drug-likeness (QED) is 0.786. The fourth-order valence-corrected chi connectivity index (χ4v) is 1.99. The second-order valence-corrected chi connectivity index (χ2v) is 4.90. The number of unbranched alkanes of at least 4 members (excludes halogenated alkanes) is 1. The molecule has 3 nitrogen and oxygen atoms in total. The number of pyridine rings is 1. The van der Waals surface area contributed by atoms with Gasteiger partial charge in [-0.1, -0.05) is 30.3 Å². The van der Waals surface area contributed by atoms with Gasteiger partial charge in [-0.25, -0.2) is 0 Å². The van der Waals surface area contributed by atoms with Crippen molar-refractivity contribution in [2.24, 2.45) is 0 Å². The zero-order valence-corrected chi connectivity index (χ0v) is 11.9. The van der Waals surface area contributed by atoms with Crippen LogP contribution in [0.4, 0.5) is 0 Å². The van der Waals surface area contributed by atoms with Crippen LogP contribution in [0.15, 0.2) is 42.6 Å². The van der Waals surface area contributed by atoms with E-state index in [0.717, 1.165) is 41.8 Å². The zero-order chi connectivity index (χ0) is 14.2. The summed E-state index contributed by atoms with van der Waals surface area (Å²) in [6.07, 6.45) is 4.50. The predicted octanol–water partition coefficient (Wildman–Crippen LogP) is 3.28. The van der Waals surface area contributed by atoms with E-state index in [1.165, 1.54) is 0 Å². The lowest BCUT2D eigenvalue weighted by atomic mass is 10.1. The van der Waals surface area contributed by atoms with Crippen molar-refractivity contribution in [3.8, 4) is 5.75 Å².